The van der Waals surface area contributed by atoms with Crippen LogP contribution in [0, 0.1) is 0 Å². The zero-order valence-electron chi connectivity index (χ0n) is 16.0. The van der Waals surface area contributed by atoms with E-state index in [0.29, 0.717) is 22.3 Å². The van der Waals surface area contributed by atoms with Gasteiger partial charge in [0.1, 0.15) is 0 Å². The molecule has 0 radical (unpaired) electrons. The highest BCUT2D eigenvalue weighted by Crippen LogP contribution is 2.23. The first-order valence-corrected chi connectivity index (χ1v) is 10.0. The van der Waals surface area contributed by atoms with Crippen LogP contribution in [-0.4, -0.2) is 23.6 Å². The number of unbranched alkanes of at least 4 members (excludes halogenated alkanes) is 4. The molecule has 4 rings (SSSR count). The number of amides is 4. The number of benzene rings is 2. The van der Waals surface area contributed by atoms with Gasteiger partial charge in [0.25, 0.3) is 23.6 Å². The molecule has 29 heavy (non-hydrogen) atoms. The van der Waals surface area contributed by atoms with Crippen molar-refractivity contribution in [2.75, 3.05) is 0 Å². The minimum Gasteiger partial charge on any atom is -0.288 e. The van der Waals surface area contributed by atoms with Crippen molar-refractivity contribution in [3.63, 3.8) is 0 Å². The largest absolute Gasteiger partial charge is 0.288 e. The molecule has 0 aromatic heterocycles. The third-order valence-corrected chi connectivity index (χ3v) is 5.59. The van der Waals surface area contributed by atoms with Crippen LogP contribution in [0.1, 0.15) is 84.7 Å². The standard InChI is InChI=1S/C23H22N2O4/c26-20-16-12-6-10-14(18(16)22(28)24-20)8-4-2-1-3-5-9-15-11-7-13-17-19(15)23(29)25-21(17)27/h6-7,10-13H,1-5,8-9H2,(H,24,26,28)(H,25,27,29). The van der Waals surface area contributed by atoms with E-state index < -0.39 is 0 Å². The van der Waals surface area contributed by atoms with Gasteiger partial charge in [-0.1, -0.05) is 43.5 Å². The summed E-state index contributed by atoms with van der Waals surface area (Å²) in [5.74, 6) is -1.21. The number of hydrogen-bond donors (Lipinski definition) is 2. The maximum atomic E-state index is 11.9. The summed E-state index contributed by atoms with van der Waals surface area (Å²) in [5, 5.41) is 4.71. The van der Waals surface area contributed by atoms with Gasteiger partial charge in [-0.25, -0.2) is 0 Å². The van der Waals surface area contributed by atoms with Gasteiger partial charge < -0.3 is 0 Å². The molecule has 2 heterocycles. The van der Waals surface area contributed by atoms with Crippen LogP contribution in [-0.2, 0) is 12.8 Å². The molecule has 2 aliphatic rings. The SMILES string of the molecule is O=C1NC(=O)c2c(CCCCCCCc3cccc4c3C(=O)NC4=O)cccc21. The number of hydrogen-bond acceptors (Lipinski definition) is 4. The van der Waals surface area contributed by atoms with E-state index in [2.05, 4.69) is 10.6 Å². The number of carbonyl (C=O) groups excluding carboxylic acids is 4. The Morgan fingerprint density at radius 3 is 1.38 bits per heavy atom. The Bertz CT molecular complexity index is 944. The molecule has 6 heteroatoms. The van der Waals surface area contributed by atoms with E-state index in [1.165, 1.54) is 0 Å². The second-order valence-electron chi connectivity index (χ2n) is 7.51. The summed E-state index contributed by atoms with van der Waals surface area (Å²) >= 11 is 0. The lowest BCUT2D eigenvalue weighted by molar-refractivity contribution is 0.0862. The van der Waals surface area contributed by atoms with Gasteiger partial charge in [0.05, 0.1) is 22.3 Å². The molecule has 0 unspecified atom stereocenters. The Balaban J connectivity index is 1.23. The number of rotatable bonds is 8. The summed E-state index contributed by atoms with van der Waals surface area (Å²) in [5.41, 5.74) is 3.88. The molecule has 0 atom stereocenters. The minimum atomic E-state index is -0.311. The maximum Gasteiger partial charge on any atom is 0.259 e. The molecule has 0 spiro atoms. The molecule has 4 amide bonds. The fourth-order valence-electron chi connectivity index (χ4n) is 4.16. The van der Waals surface area contributed by atoms with Gasteiger partial charge in [-0.05, 0) is 48.9 Å². The second kappa shape index (κ2) is 7.99. The van der Waals surface area contributed by atoms with Gasteiger partial charge in [-0.3, -0.25) is 29.8 Å². The highest BCUT2D eigenvalue weighted by atomic mass is 16.2. The summed E-state index contributed by atoms with van der Waals surface area (Å²) in [6.45, 7) is 0. The summed E-state index contributed by atoms with van der Waals surface area (Å²) in [4.78, 5) is 47.3. The summed E-state index contributed by atoms with van der Waals surface area (Å²) in [6.07, 6.45) is 6.58. The predicted molar refractivity (Wildman–Crippen MR) is 107 cm³/mol. The number of carbonyl (C=O) groups is 4. The summed E-state index contributed by atoms with van der Waals surface area (Å²) in [6, 6.07) is 10.9. The second-order valence-corrected chi connectivity index (χ2v) is 7.51. The predicted octanol–water partition coefficient (Wildman–Crippen LogP) is 3.19. The van der Waals surface area contributed by atoms with Crippen molar-refractivity contribution in [2.45, 2.75) is 44.9 Å². The molecule has 0 saturated carbocycles. The van der Waals surface area contributed by atoms with Crippen LogP contribution in [0.5, 0.6) is 0 Å². The minimum absolute atomic E-state index is 0.293. The van der Waals surface area contributed by atoms with Crippen LogP contribution in [0.25, 0.3) is 0 Å². The van der Waals surface area contributed by atoms with Crippen molar-refractivity contribution in [2.24, 2.45) is 0 Å². The number of aryl methyl sites for hydroxylation is 2. The number of nitrogens with one attached hydrogen (secondary N) is 2. The van der Waals surface area contributed by atoms with Gasteiger partial charge in [0, 0.05) is 0 Å². The Labute approximate surface area is 168 Å². The first-order chi connectivity index (χ1) is 14.1. The smallest absolute Gasteiger partial charge is 0.259 e. The molecule has 6 nitrogen and oxygen atoms in total. The molecule has 2 aromatic carbocycles. The van der Waals surface area contributed by atoms with Crippen molar-refractivity contribution in [3.8, 4) is 0 Å². The fourth-order valence-corrected chi connectivity index (χ4v) is 4.16. The summed E-state index contributed by atoms with van der Waals surface area (Å²) in [7, 11) is 0. The molecular weight excluding hydrogens is 368 g/mol. The van der Waals surface area contributed by atoms with E-state index in [0.717, 1.165) is 56.1 Å². The van der Waals surface area contributed by atoms with Crippen LogP contribution in [0.2, 0.25) is 0 Å². The number of fused-ring (bicyclic) bond motifs is 2. The molecule has 0 bridgehead atoms. The molecular formula is C23H22N2O4. The summed E-state index contributed by atoms with van der Waals surface area (Å²) < 4.78 is 0. The van der Waals surface area contributed by atoms with E-state index in [1.807, 2.05) is 24.3 Å². The van der Waals surface area contributed by atoms with Crippen LogP contribution >= 0.6 is 0 Å². The highest BCUT2D eigenvalue weighted by molar-refractivity contribution is 6.22. The highest BCUT2D eigenvalue weighted by Gasteiger charge is 2.29. The van der Waals surface area contributed by atoms with E-state index in [-0.39, 0.29) is 23.6 Å². The first-order valence-electron chi connectivity index (χ1n) is 10.0. The average molecular weight is 390 g/mol. The lowest BCUT2D eigenvalue weighted by Crippen LogP contribution is -2.20. The van der Waals surface area contributed by atoms with Gasteiger partial charge >= 0.3 is 0 Å². The van der Waals surface area contributed by atoms with Gasteiger partial charge in [0.2, 0.25) is 0 Å². The molecule has 2 aliphatic heterocycles. The van der Waals surface area contributed by atoms with Crippen LogP contribution in [0.3, 0.4) is 0 Å². The van der Waals surface area contributed by atoms with Gasteiger partial charge in [-0.15, -0.1) is 0 Å². The van der Waals surface area contributed by atoms with Crippen molar-refractivity contribution >= 4 is 23.6 Å². The zero-order chi connectivity index (χ0) is 20.4. The molecule has 0 fully saturated rings. The first kappa shape index (κ1) is 19.1. The van der Waals surface area contributed by atoms with E-state index in [9.17, 15) is 19.2 Å². The topological polar surface area (TPSA) is 92.3 Å². The van der Waals surface area contributed by atoms with Crippen molar-refractivity contribution in [1.29, 1.82) is 0 Å². The monoisotopic (exact) mass is 390 g/mol. The van der Waals surface area contributed by atoms with E-state index in [1.54, 1.807) is 12.1 Å². The normalized spacial score (nSPS) is 14.6. The molecule has 148 valence electrons. The quantitative estimate of drug-likeness (QED) is 0.535. The molecule has 0 saturated heterocycles. The lowest BCUT2D eigenvalue weighted by atomic mass is 9.96. The molecule has 2 aromatic rings. The van der Waals surface area contributed by atoms with Crippen LogP contribution < -0.4 is 10.6 Å². The zero-order valence-corrected chi connectivity index (χ0v) is 16.0. The van der Waals surface area contributed by atoms with Crippen molar-refractivity contribution < 1.29 is 19.2 Å². The number of imide groups is 2. The van der Waals surface area contributed by atoms with Crippen molar-refractivity contribution in [3.05, 3.63) is 69.8 Å². The maximum absolute atomic E-state index is 11.9. The Morgan fingerprint density at radius 1 is 0.517 bits per heavy atom. The Kier molecular flexibility index (Phi) is 5.25. The van der Waals surface area contributed by atoms with Crippen LogP contribution in [0.4, 0.5) is 0 Å². The van der Waals surface area contributed by atoms with Gasteiger partial charge in [-0.2, -0.15) is 0 Å². The average Bonchev–Trinajstić information content (AvgIpc) is 3.17. The van der Waals surface area contributed by atoms with Crippen molar-refractivity contribution in [1.82, 2.24) is 10.6 Å². The Morgan fingerprint density at radius 2 is 0.931 bits per heavy atom. The lowest BCUT2D eigenvalue weighted by Gasteiger charge is -2.07. The van der Waals surface area contributed by atoms with E-state index in [4.69, 9.17) is 0 Å². The van der Waals surface area contributed by atoms with Crippen LogP contribution in [0.15, 0.2) is 36.4 Å². The van der Waals surface area contributed by atoms with E-state index >= 15 is 0 Å². The molecule has 2 N–H and O–H groups in total. The third-order valence-electron chi connectivity index (χ3n) is 5.59. The molecule has 0 aliphatic carbocycles. The van der Waals surface area contributed by atoms with Gasteiger partial charge in [0.15, 0.2) is 0 Å². The third kappa shape index (κ3) is 3.70. The fraction of sp³-hybridized carbons (Fsp3) is 0.304. The Hall–Kier alpha value is -3.28.